The molecule has 0 fully saturated rings. The van der Waals surface area contributed by atoms with Crippen molar-refractivity contribution in [1.29, 1.82) is 0 Å². The van der Waals surface area contributed by atoms with E-state index >= 15 is 0 Å². The highest BCUT2D eigenvalue weighted by Crippen LogP contribution is 2.36. The summed E-state index contributed by atoms with van der Waals surface area (Å²) >= 11 is 0. The number of fused-ring (bicyclic) bond motifs is 1. The summed E-state index contributed by atoms with van der Waals surface area (Å²) in [6.07, 6.45) is 7.20. The van der Waals surface area contributed by atoms with Crippen LogP contribution >= 0.6 is 0 Å². The van der Waals surface area contributed by atoms with Crippen LogP contribution < -0.4 is 16.0 Å². The van der Waals surface area contributed by atoms with Crippen molar-refractivity contribution >= 4 is 0 Å². The second kappa shape index (κ2) is 7.51. The van der Waals surface area contributed by atoms with Crippen LogP contribution in [0.3, 0.4) is 0 Å². The minimum Gasteiger partial charge on any atom is -0.493 e. The fraction of sp³-hybridized carbons (Fsp3) is 0.625. The molecule has 1 aliphatic heterocycles. The molecule has 3 nitrogen and oxygen atoms in total. The van der Waals surface area contributed by atoms with E-state index in [1.165, 1.54) is 31.2 Å². The number of para-hydroxylation sites is 1. The Kier molecular flexibility index (Phi) is 5.67. The normalized spacial score (nSPS) is 19.6. The quantitative estimate of drug-likeness (QED) is 0.450. The van der Waals surface area contributed by atoms with Crippen LogP contribution in [0.25, 0.3) is 0 Å². The molecule has 0 amide bonds. The molecule has 0 aromatic heterocycles. The molecule has 0 aliphatic carbocycles. The van der Waals surface area contributed by atoms with Gasteiger partial charge in [-0.15, -0.1) is 0 Å². The molecule has 1 heterocycles. The van der Waals surface area contributed by atoms with Crippen molar-refractivity contribution in [2.45, 2.75) is 57.4 Å². The Hall–Kier alpha value is -1.06. The molecule has 0 bridgehead atoms. The van der Waals surface area contributed by atoms with Gasteiger partial charge in [-0.2, -0.15) is 0 Å². The van der Waals surface area contributed by atoms with Crippen LogP contribution in [-0.4, -0.2) is 12.6 Å². The zero-order valence-corrected chi connectivity index (χ0v) is 11.9. The Labute approximate surface area is 116 Å². The first-order valence-corrected chi connectivity index (χ1v) is 7.53. The minimum atomic E-state index is 0.419. The van der Waals surface area contributed by atoms with Gasteiger partial charge in [-0.1, -0.05) is 44.4 Å². The molecule has 3 N–H and O–H groups in total. The van der Waals surface area contributed by atoms with Gasteiger partial charge in [0.25, 0.3) is 0 Å². The number of rotatable bonds is 7. The largest absolute Gasteiger partial charge is 0.493 e. The van der Waals surface area contributed by atoms with E-state index < -0.39 is 0 Å². The van der Waals surface area contributed by atoms with Gasteiger partial charge in [0.2, 0.25) is 0 Å². The lowest BCUT2D eigenvalue weighted by molar-refractivity contribution is 0.252. The molecule has 19 heavy (non-hydrogen) atoms. The van der Waals surface area contributed by atoms with Crippen LogP contribution in [0.5, 0.6) is 5.75 Å². The van der Waals surface area contributed by atoms with Crippen molar-refractivity contribution in [2.24, 2.45) is 5.84 Å². The van der Waals surface area contributed by atoms with E-state index in [1.54, 1.807) is 0 Å². The van der Waals surface area contributed by atoms with Crippen LogP contribution in [0.2, 0.25) is 0 Å². The average molecular weight is 262 g/mol. The highest BCUT2D eigenvalue weighted by molar-refractivity contribution is 5.37. The highest BCUT2D eigenvalue weighted by atomic mass is 16.5. The lowest BCUT2D eigenvalue weighted by atomic mass is 9.86. The van der Waals surface area contributed by atoms with E-state index in [0.29, 0.717) is 12.0 Å². The standard InChI is InChI=1S/C16H26N2O/c1-2-3-4-7-14(18-17)12-13-10-11-19-16-9-6-5-8-15(13)16/h5-6,8-9,13-14,18H,2-4,7,10-12,17H2,1H3. The third-order valence-electron chi connectivity index (χ3n) is 4.04. The number of nitrogens with two attached hydrogens (primary N) is 1. The van der Waals surface area contributed by atoms with Gasteiger partial charge < -0.3 is 4.74 Å². The maximum Gasteiger partial charge on any atom is 0.122 e. The van der Waals surface area contributed by atoms with Crippen molar-refractivity contribution in [2.75, 3.05) is 6.61 Å². The zero-order valence-electron chi connectivity index (χ0n) is 11.9. The number of hydrogen-bond donors (Lipinski definition) is 2. The molecule has 2 atom stereocenters. The Bertz CT molecular complexity index is 381. The fourth-order valence-electron chi connectivity index (χ4n) is 2.91. The van der Waals surface area contributed by atoms with Crippen LogP contribution in [0, 0.1) is 0 Å². The van der Waals surface area contributed by atoms with Crippen molar-refractivity contribution in [1.82, 2.24) is 5.43 Å². The Morgan fingerprint density at radius 3 is 3.00 bits per heavy atom. The molecular formula is C16H26N2O. The number of benzene rings is 1. The minimum absolute atomic E-state index is 0.419. The lowest BCUT2D eigenvalue weighted by Crippen LogP contribution is -2.37. The molecule has 1 aliphatic rings. The third-order valence-corrected chi connectivity index (χ3v) is 4.04. The average Bonchev–Trinajstić information content (AvgIpc) is 2.46. The smallest absolute Gasteiger partial charge is 0.122 e. The molecule has 0 spiro atoms. The number of nitrogens with one attached hydrogen (secondary N) is 1. The fourth-order valence-corrected chi connectivity index (χ4v) is 2.91. The molecule has 2 unspecified atom stereocenters. The van der Waals surface area contributed by atoms with Gasteiger partial charge in [-0.3, -0.25) is 11.3 Å². The summed E-state index contributed by atoms with van der Waals surface area (Å²) < 4.78 is 5.72. The lowest BCUT2D eigenvalue weighted by Gasteiger charge is -2.29. The summed E-state index contributed by atoms with van der Waals surface area (Å²) in [6, 6.07) is 8.83. The van der Waals surface area contributed by atoms with Gasteiger partial charge in [0.05, 0.1) is 6.61 Å². The Balaban J connectivity index is 1.94. The predicted molar refractivity (Wildman–Crippen MR) is 79.2 cm³/mol. The molecule has 106 valence electrons. The second-order valence-corrected chi connectivity index (χ2v) is 5.47. The van der Waals surface area contributed by atoms with Crippen LogP contribution in [0.1, 0.15) is 56.9 Å². The Morgan fingerprint density at radius 2 is 2.21 bits per heavy atom. The Morgan fingerprint density at radius 1 is 1.37 bits per heavy atom. The van der Waals surface area contributed by atoms with Crippen molar-refractivity contribution in [3.05, 3.63) is 29.8 Å². The molecule has 3 heteroatoms. The summed E-state index contributed by atoms with van der Waals surface area (Å²) in [5, 5.41) is 0. The van der Waals surface area contributed by atoms with E-state index in [0.717, 1.165) is 25.2 Å². The van der Waals surface area contributed by atoms with Crippen LogP contribution in [-0.2, 0) is 0 Å². The summed E-state index contributed by atoms with van der Waals surface area (Å²) in [7, 11) is 0. The SMILES string of the molecule is CCCCCC(CC1CCOc2ccccc21)NN. The van der Waals surface area contributed by atoms with Gasteiger partial charge in [0.15, 0.2) is 0 Å². The zero-order chi connectivity index (χ0) is 13.5. The van der Waals surface area contributed by atoms with Gasteiger partial charge in [0, 0.05) is 6.04 Å². The topological polar surface area (TPSA) is 47.3 Å². The molecule has 2 rings (SSSR count). The van der Waals surface area contributed by atoms with Crippen molar-refractivity contribution in [3.63, 3.8) is 0 Å². The van der Waals surface area contributed by atoms with Gasteiger partial charge in [0.1, 0.15) is 5.75 Å². The van der Waals surface area contributed by atoms with E-state index in [-0.39, 0.29) is 0 Å². The molecule has 1 aromatic carbocycles. The van der Waals surface area contributed by atoms with Gasteiger partial charge >= 0.3 is 0 Å². The second-order valence-electron chi connectivity index (χ2n) is 5.47. The first-order valence-electron chi connectivity index (χ1n) is 7.53. The number of hydrogen-bond acceptors (Lipinski definition) is 3. The van der Waals surface area contributed by atoms with E-state index in [9.17, 15) is 0 Å². The molecule has 0 saturated heterocycles. The summed E-state index contributed by atoms with van der Waals surface area (Å²) in [5.74, 6) is 7.35. The third kappa shape index (κ3) is 3.95. The van der Waals surface area contributed by atoms with E-state index in [4.69, 9.17) is 10.6 Å². The highest BCUT2D eigenvalue weighted by Gasteiger charge is 2.23. The first-order chi connectivity index (χ1) is 9.35. The number of unbranched alkanes of at least 4 members (excludes halogenated alkanes) is 2. The molecule has 0 saturated carbocycles. The monoisotopic (exact) mass is 262 g/mol. The summed E-state index contributed by atoms with van der Waals surface area (Å²) in [6.45, 7) is 3.06. The van der Waals surface area contributed by atoms with Gasteiger partial charge in [-0.05, 0) is 36.8 Å². The van der Waals surface area contributed by atoms with Gasteiger partial charge in [-0.25, -0.2) is 0 Å². The van der Waals surface area contributed by atoms with E-state index in [2.05, 4.69) is 30.5 Å². The molecule has 1 aromatic rings. The maximum absolute atomic E-state index is 5.72. The van der Waals surface area contributed by atoms with Crippen molar-refractivity contribution < 1.29 is 4.74 Å². The molecule has 0 radical (unpaired) electrons. The van der Waals surface area contributed by atoms with Crippen LogP contribution in [0.15, 0.2) is 24.3 Å². The van der Waals surface area contributed by atoms with Crippen molar-refractivity contribution in [3.8, 4) is 5.75 Å². The molecular weight excluding hydrogens is 236 g/mol. The number of hydrazine groups is 1. The van der Waals surface area contributed by atoms with Crippen LogP contribution in [0.4, 0.5) is 0 Å². The van der Waals surface area contributed by atoms with E-state index in [1.807, 2.05) is 6.07 Å². The summed E-state index contributed by atoms with van der Waals surface area (Å²) in [4.78, 5) is 0. The number of ether oxygens (including phenoxy) is 1. The summed E-state index contributed by atoms with van der Waals surface area (Å²) in [5.41, 5.74) is 4.35. The first kappa shape index (κ1) is 14.4. The predicted octanol–water partition coefficient (Wildman–Crippen LogP) is 3.36. The maximum atomic E-state index is 5.72.